The lowest BCUT2D eigenvalue weighted by atomic mass is 9.73. The first-order chi connectivity index (χ1) is 22.8. The maximum Gasteiger partial charge on any atom is 0.408 e. The van der Waals surface area contributed by atoms with E-state index in [2.05, 4.69) is 4.98 Å². The second-order valence-corrected chi connectivity index (χ2v) is 14.0. The van der Waals surface area contributed by atoms with Crippen molar-refractivity contribution in [2.24, 2.45) is 11.8 Å². The molecule has 4 aliphatic rings. The van der Waals surface area contributed by atoms with Gasteiger partial charge in [-0.1, -0.05) is 19.3 Å². The number of rotatable bonds is 9. The number of oxazole rings is 1. The molecule has 0 bridgehead atoms. The Morgan fingerprint density at radius 2 is 1.74 bits per heavy atom. The van der Waals surface area contributed by atoms with Gasteiger partial charge in [0.05, 0.1) is 18.8 Å². The molecular formula is C36H45N5O6. The molecule has 250 valence electrons. The van der Waals surface area contributed by atoms with Gasteiger partial charge in [0.2, 0.25) is 0 Å². The Hall–Kier alpha value is -3.99. The van der Waals surface area contributed by atoms with Gasteiger partial charge in [0.1, 0.15) is 35.7 Å². The van der Waals surface area contributed by atoms with Crippen LogP contribution in [0.25, 0.3) is 11.3 Å². The van der Waals surface area contributed by atoms with Crippen LogP contribution in [-0.2, 0) is 4.79 Å². The van der Waals surface area contributed by atoms with Crippen molar-refractivity contribution in [1.29, 1.82) is 0 Å². The Bertz CT molecular complexity index is 1590. The van der Waals surface area contributed by atoms with Gasteiger partial charge in [-0.2, -0.15) is 0 Å². The summed E-state index contributed by atoms with van der Waals surface area (Å²) in [6.07, 6.45) is 11.7. The van der Waals surface area contributed by atoms with Crippen LogP contribution in [0.4, 0.5) is 10.6 Å². The minimum Gasteiger partial charge on any atom is -0.495 e. The number of aliphatic hydroxyl groups is 1. The summed E-state index contributed by atoms with van der Waals surface area (Å²) < 4.78 is 11.1. The Labute approximate surface area is 275 Å². The maximum atomic E-state index is 14.5. The summed E-state index contributed by atoms with van der Waals surface area (Å²) in [6, 6.07) is 5.97. The van der Waals surface area contributed by atoms with Gasteiger partial charge in [0.25, 0.3) is 5.91 Å². The molecule has 7 rings (SSSR count). The van der Waals surface area contributed by atoms with Crippen molar-refractivity contribution >= 4 is 17.8 Å². The standard InChI is InChI=1S/C36H45N5O6/c1-21-29(46-2)15-14-27(38-21)23-10-8-22(9-11-23)19-40(30-18-26(16-17-37-30)28-20-47-34(39-28)25-12-13-25)35(43)32-33(42)31(41(32)36(44)45)24-6-4-3-5-7-24/h14-18,20,22-25,31-33,42H,3-13,19H2,1-2H3,(H,44,45). The molecule has 3 aromatic rings. The fraction of sp³-hybridized carbons (Fsp3) is 0.583. The third kappa shape index (κ3) is 6.34. The van der Waals surface area contributed by atoms with Crippen molar-refractivity contribution < 1.29 is 29.0 Å². The van der Waals surface area contributed by atoms with Crippen LogP contribution >= 0.6 is 0 Å². The average molecular weight is 644 g/mol. The van der Waals surface area contributed by atoms with Gasteiger partial charge in [-0.25, -0.2) is 14.8 Å². The lowest BCUT2D eigenvalue weighted by Crippen LogP contribution is -2.75. The van der Waals surface area contributed by atoms with Crippen molar-refractivity contribution in [3.63, 3.8) is 0 Å². The minimum atomic E-state index is -1.17. The molecule has 47 heavy (non-hydrogen) atoms. The number of carboxylic acid groups (broad SMARTS) is 1. The molecule has 3 aromatic heterocycles. The smallest absolute Gasteiger partial charge is 0.408 e. The van der Waals surface area contributed by atoms with Crippen molar-refractivity contribution in [2.75, 3.05) is 18.6 Å². The fourth-order valence-corrected chi connectivity index (χ4v) is 8.12. The topological polar surface area (TPSA) is 142 Å². The minimum absolute atomic E-state index is 0.0621. The number of amides is 2. The maximum absolute atomic E-state index is 14.5. The summed E-state index contributed by atoms with van der Waals surface area (Å²) in [5, 5.41) is 21.7. The van der Waals surface area contributed by atoms with Crippen LogP contribution in [-0.4, -0.2) is 73.9 Å². The molecule has 11 nitrogen and oxygen atoms in total. The number of aryl methyl sites for hydroxylation is 1. The molecule has 0 spiro atoms. The first kappa shape index (κ1) is 31.6. The number of methoxy groups -OCH3 is 1. The number of hydrogen-bond acceptors (Lipinski definition) is 8. The van der Waals surface area contributed by atoms with Crippen LogP contribution in [0.15, 0.2) is 41.1 Å². The highest BCUT2D eigenvalue weighted by Crippen LogP contribution is 2.42. The van der Waals surface area contributed by atoms with Crippen LogP contribution < -0.4 is 9.64 Å². The van der Waals surface area contributed by atoms with Gasteiger partial charge in [-0.3, -0.25) is 19.6 Å². The molecule has 2 N–H and O–H groups in total. The monoisotopic (exact) mass is 643 g/mol. The second kappa shape index (κ2) is 13.3. The number of carbonyl (C=O) groups is 2. The zero-order chi connectivity index (χ0) is 32.7. The summed E-state index contributed by atoms with van der Waals surface area (Å²) >= 11 is 0. The molecule has 4 fully saturated rings. The van der Waals surface area contributed by atoms with E-state index < -0.39 is 30.2 Å². The van der Waals surface area contributed by atoms with Crippen LogP contribution in [0.2, 0.25) is 0 Å². The highest BCUT2D eigenvalue weighted by Gasteiger charge is 2.58. The average Bonchev–Trinajstić information content (AvgIpc) is 3.82. The van der Waals surface area contributed by atoms with Gasteiger partial charge in [-0.15, -0.1) is 0 Å². The summed E-state index contributed by atoms with van der Waals surface area (Å²) in [6.45, 7) is 2.34. The molecule has 4 heterocycles. The predicted molar refractivity (Wildman–Crippen MR) is 174 cm³/mol. The third-order valence-electron chi connectivity index (χ3n) is 10.9. The van der Waals surface area contributed by atoms with E-state index in [4.69, 9.17) is 19.1 Å². The molecule has 3 aliphatic carbocycles. The number of ether oxygens (including phenoxy) is 1. The molecule has 3 atom stereocenters. The van der Waals surface area contributed by atoms with E-state index in [1.165, 1.54) is 4.90 Å². The lowest BCUT2D eigenvalue weighted by Gasteiger charge is -2.54. The molecule has 0 aromatic carbocycles. The number of anilines is 1. The van der Waals surface area contributed by atoms with Crippen molar-refractivity contribution in [1.82, 2.24) is 19.9 Å². The zero-order valence-corrected chi connectivity index (χ0v) is 27.3. The van der Waals surface area contributed by atoms with E-state index in [0.29, 0.717) is 29.9 Å². The molecular weight excluding hydrogens is 598 g/mol. The van der Waals surface area contributed by atoms with Gasteiger partial charge >= 0.3 is 6.09 Å². The number of pyridine rings is 2. The first-order valence-corrected chi connectivity index (χ1v) is 17.3. The number of hydrogen-bond donors (Lipinski definition) is 2. The summed E-state index contributed by atoms with van der Waals surface area (Å²) in [5.74, 6) is 2.44. The molecule has 2 amide bonds. The lowest BCUT2D eigenvalue weighted by molar-refractivity contribution is -0.156. The van der Waals surface area contributed by atoms with Crippen LogP contribution in [0.3, 0.4) is 0 Å². The third-order valence-corrected chi connectivity index (χ3v) is 10.9. The quantitative estimate of drug-likeness (QED) is 0.274. The summed E-state index contributed by atoms with van der Waals surface area (Å²) in [4.78, 5) is 44.0. The Kier molecular flexibility index (Phi) is 8.91. The Balaban J connectivity index is 1.13. The number of aliphatic hydroxyl groups excluding tert-OH is 1. The van der Waals surface area contributed by atoms with E-state index in [1.807, 2.05) is 31.2 Å². The summed E-state index contributed by atoms with van der Waals surface area (Å²) in [5.41, 5.74) is 3.39. The Morgan fingerprint density at radius 1 is 1.00 bits per heavy atom. The summed E-state index contributed by atoms with van der Waals surface area (Å²) in [7, 11) is 1.65. The number of nitrogens with zero attached hydrogens (tertiary/aromatic N) is 5. The van der Waals surface area contributed by atoms with Crippen LogP contribution in [0.5, 0.6) is 5.75 Å². The largest absolute Gasteiger partial charge is 0.495 e. The second-order valence-electron chi connectivity index (χ2n) is 14.0. The molecule has 11 heteroatoms. The van der Waals surface area contributed by atoms with E-state index >= 15 is 0 Å². The fourth-order valence-electron chi connectivity index (χ4n) is 8.12. The van der Waals surface area contributed by atoms with E-state index in [1.54, 1.807) is 24.5 Å². The van der Waals surface area contributed by atoms with Crippen molar-refractivity contribution in [3.05, 3.63) is 54.0 Å². The molecule has 0 radical (unpaired) electrons. The van der Waals surface area contributed by atoms with Gasteiger partial charge in [-0.05, 0) is 94.4 Å². The van der Waals surface area contributed by atoms with E-state index in [-0.39, 0.29) is 11.8 Å². The zero-order valence-electron chi connectivity index (χ0n) is 27.3. The molecule has 3 saturated carbocycles. The van der Waals surface area contributed by atoms with Crippen molar-refractivity contribution in [3.8, 4) is 17.0 Å². The van der Waals surface area contributed by atoms with Crippen LogP contribution in [0.1, 0.15) is 99.7 Å². The van der Waals surface area contributed by atoms with Gasteiger partial charge < -0.3 is 19.4 Å². The number of aromatic nitrogens is 3. The van der Waals surface area contributed by atoms with E-state index in [0.717, 1.165) is 99.2 Å². The van der Waals surface area contributed by atoms with Crippen LogP contribution in [0, 0.1) is 18.8 Å². The predicted octanol–water partition coefficient (Wildman–Crippen LogP) is 6.31. The van der Waals surface area contributed by atoms with Crippen molar-refractivity contribution in [2.45, 2.75) is 108 Å². The number of likely N-dealkylation sites (tertiary alicyclic amines) is 1. The number of carbonyl (C=O) groups excluding carboxylic acids is 1. The first-order valence-electron chi connectivity index (χ1n) is 17.3. The molecule has 3 unspecified atom stereocenters. The molecule has 1 saturated heterocycles. The SMILES string of the molecule is COc1ccc(C2CCC(CN(C(=O)C3C(O)C(C4CCCCC4)N3C(=O)O)c3cc(-c4coc(C5CC5)n4)ccn3)CC2)nc1C. The van der Waals surface area contributed by atoms with E-state index in [9.17, 15) is 19.8 Å². The van der Waals surface area contributed by atoms with Gasteiger partial charge in [0, 0.05) is 35.8 Å². The highest BCUT2D eigenvalue weighted by molar-refractivity contribution is 6.00. The Morgan fingerprint density at radius 3 is 2.43 bits per heavy atom. The molecule has 1 aliphatic heterocycles. The highest BCUT2D eigenvalue weighted by atomic mass is 16.5. The van der Waals surface area contributed by atoms with Gasteiger partial charge in [0.15, 0.2) is 5.89 Å². The normalized spacial score (nSPS) is 26.4.